The van der Waals surface area contributed by atoms with E-state index in [-0.39, 0.29) is 17.6 Å². The van der Waals surface area contributed by atoms with Crippen LogP contribution in [0.1, 0.15) is 18.7 Å². The molecule has 1 aliphatic rings. The lowest BCUT2D eigenvalue weighted by Crippen LogP contribution is -2.38. The van der Waals surface area contributed by atoms with E-state index in [0.29, 0.717) is 11.7 Å². The van der Waals surface area contributed by atoms with E-state index in [1.807, 2.05) is 29.6 Å². The molecule has 0 spiro atoms. The first-order valence-electron chi connectivity index (χ1n) is 10.3. The van der Waals surface area contributed by atoms with Gasteiger partial charge in [0.15, 0.2) is 5.13 Å². The fraction of sp³-hybridized carbons (Fsp3) is 0.261. The highest BCUT2D eigenvalue weighted by Crippen LogP contribution is 2.25. The van der Waals surface area contributed by atoms with Crippen LogP contribution in [0, 0.1) is 11.7 Å². The number of thiazole rings is 1. The lowest BCUT2D eigenvalue weighted by atomic mass is 9.96. The molecular weight excluding hydrogens is 413 g/mol. The zero-order valence-corrected chi connectivity index (χ0v) is 17.7. The average molecular weight is 436 g/mol. The summed E-state index contributed by atoms with van der Waals surface area (Å²) < 4.78 is 15.6. The molecule has 0 saturated carbocycles. The third-order valence-electron chi connectivity index (χ3n) is 5.70. The van der Waals surface area contributed by atoms with Gasteiger partial charge in [-0.15, -0.1) is 11.3 Å². The fourth-order valence-electron chi connectivity index (χ4n) is 4.11. The van der Waals surface area contributed by atoms with Crippen molar-refractivity contribution < 1.29 is 9.18 Å². The van der Waals surface area contributed by atoms with Crippen molar-refractivity contribution in [3.05, 3.63) is 71.7 Å². The standard InChI is InChI=1S/C23H22FN5OS/c24-17-5-7-18(8-6-17)29-20-4-2-1-3-19(20)26-21(29)15-28-12-9-16(10-13-28)22(30)27-23-25-11-14-31-23/h1-8,11,14,16H,9-10,12-13,15H2,(H,25,27,30). The van der Waals surface area contributed by atoms with Crippen molar-refractivity contribution in [1.29, 1.82) is 0 Å². The molecule has 1 amide bonds. The van der Waals surface area contributed by atoms with Crippen molar-refractivity contribution in [3.63, 3.8) is 0 Å². The van der Waals surface area contributed by atoms with Gasteiger partial charge in [0.25, 0.3) is 0 Å². The number of amides is 1. The number of nitrogens with one attached hydrogen (secondary N) is 1. The number of hydrogen-bond donors (Lipinski definition) is 1. The van der Waals surface area contributed by atoms with Crippen LogP contribution < -0.4 is 5.32 Å². The molecule has 8 heteroatoms. The summed E-state index contributed by atoms with van der Waals surface area (Å²) in [5, 5.41) is 5.42. The van der Waals surface area contributed by atoms with E-state index in [9.17, 15) is 9.18 Å². The molecule has 31 heavy (non-hydrogen) atoms. The van der Waals surface area contributed by atoms with Crippen molar-refractivity contribution in [3.8, 4) is 5.69 Å². The number of aromatic nitrogens is 3. The van der Waals surface area contributed by atoms with Gasteiger partial charge < -0.3 is 5.32 Å². The van der Waals surface area contributed by atoms with E-state index in [0.717, 1.165) is 48.5 Å². The SMILES string of the molecule is O=C(Nc1nccs1)C1CCN(Cc2nc3ccccc3n2-c2ccc(F)cc2)CC1. The van der Waals surface area contributed by atoms with Crippen LogP contribution in [-0.2, 0) is 11.3 Å². The van der Waals surface area contributed by atoms with Gasteiger partial charge >= 0.3 is 0 Å². The number of likely N-dealkylation sites (tertiary alicyclic amines) is 1. The van der Waals surface area contributed by atoms with Crippen molar-refractivity contribution in [2.75, 3.05) is 18.4 Å². The molecule has 1 fully saturated rings. The Balaban J connectivity index is 1.32. The first kappa shape index (κ1) is 19.8. The topological polar surface area (TPSA) is 63.1 Å². The number of para-hydroxylation sites is 2. The van der Waals surface area contributed by atoms with Crippen LogP contribution >= 0.6 is 11.3 Å². The highest BCUT2D eigenvalue weighted by Gasteiger charge is 2.26. The number of carbonyl (C=O) groups excluding carboxylic acids is 1. The third kappa shape index (κ3) is 4.22. The molecule has 3 heterocycles. The highest BCUT2D eigenvalue weighted by molar-refractivity contribution is 7.13. The van der Waals surface area contributed by atoms with Crippen LogP contribution in [0.25, 0.3) is 16.7 Å². The number of halogens is 1. The highest BCUT2D eigenvalue weighted by atomic mass is 32.1. The maximum atomic E-state index is 13.5. The molecule has 0 bridgehead atoms. The minimum absolute atomic E-state index is 0.00364. The second kappa shape index (κ2) is 8.56. The molecule has 1 N–H and O–H groups in total. The quantitative estimate of drug-likeness (QED) is 0.502. The van der Waals surface area contributed by atoms with Crippen LogP contribution in [0.3, 0.4) is 0 Å². The molecule has 1 saturated heterocycles. The van der Waals surface area contributed by atoms with Gasteiger partial charge in [0, 0.05) is 23.2 Å². The van der Waals surface area contributed by atoms with Crippen LogP contribution in [0.4, 0.5) is 9.52 Å². The van der Waals surface area contributed by atoms with Gasteiger partial charge in [-0.25, -0.2) is 14.4 Å². The number of benzene rings is 2. The summed E-state index contributed by atoms with van der Waals surface area (Å²) in [5.74, 6) is 0.704. The van der Waals surface area contributed by atoms with Crippen molar-refractivity contribution in [2.45, 2.75) is 19.4 Å². The Kier molecular flexibility index (Phi) is 5.48. The van der Waals surface area contributed by atoms with Gasteiger partial charge in [0.1, 0.15) is 11.6 Å². The first-order chi connectivity index (χ1) is 15.2. The van der Waals surface area contributed by atoms with Gasteiger partial charge in [-0.1, -0.05) is 12.1 Å². The largest absolute Gasteiger partial charge is 0.302 e. The molecule has 158 valence electrons. The number of carbonyl (C=O) groups is 1. The lowest BCUT2D eigenvalue weighted by Gasteiger charge is -2.30. The predicted molar refractivity (Wildman–Crippen MR) is 120 cm³/mol. The Labute approximate surface area is 183 Å². The summed E-state index contributed by atoms with van der Waals surface area (Å²) in [7, 11) is 0. The number of anilines is 1. The Morgan fingerprint density at radius 2 is 1.90 bits per heavy atom. The second-order valence-corrected chi connectivity index (χ2v) is 8.60. The normalized spacial score (nSPS) is 15.4. The van der Waals surface area contributed by atoms with Gasteiger partial charge in [-0.2, -0.15) is 0 Å². The zero-order valence-electron chi connectivity index (χ0n) is 16.9. The van der Waals surface area contributed by atoms with Crippen LogP contribution in [-0.4, -0.2) is 38.4 Å². The maximum absolute atomic E-state index is 13.5. The molecule has 2 aromatic heterocycles. The minimum atomic E-state index is -0.257. The number of piperidine rings is 1. The van der Waals surface area contributed by atoms with Crippen LogP contribution in [0.2, 0.25) is 0 Å². The number of fused-ring (bicyclic) bond motifs is 1. The number of hydrogen-bond acceptors (Lipinski definition) is 5. The molecule has 0 atom stereocenters. The van der Waals surface area contributed by atoms with Gasteiger partial charge in [0.05, 0.1) is 17.6 Å². The van der Waals surface area contributed by atoms with Crippen molar-refractivity contribution in [1.82, 2.24) is 19.4 Å². The fourth-order valence-corrected chi connectivity index (χ4v) is 4.64. The van der Waals surface area contributed by atoms with Gasteiger partial charge in [-0.3, -0.25) is 14.3 Å². The summed E-state index contributed by atoms with van der Waals surface area (Å²) in [4.78, 5) is 23.8. The van der Waals surface area contributed by atoms with E-state index >= 15 is 0 Å². The first-order valence-corrected chi connectivity index (χ1v) is 11.2. The van der Waals surface area contributed by atoms with Gasteiger partial charge in [0.2, 0.25) is 5.91 Å². The maximum Gasteiger partial charge on any atom is 0.229 e. The Bertz CT molecular complexity index is 1180. The lowest BCUT2D eigenvalue weighted by molar-refractivity contribution is -0.121. The van der Waals surface area contributed by atoms with E-state index in [1.54, 1.807) is 18.3 Å². The molecular formula is C23H22FN5OS. The number of imidazole rings is 1. The molecule has 0 radical (unpaired) electrons. The molecule has 1 aliphatic heterocycles. The number of nitrogens with zero attached hydrogens (tertiary/aromatic N) is 4. The van der Waals surface area contributed by atoms with E-state index in [2.05, 4.69) is 19.8 Å². The summed E-state index contributed by atoms with van der Waals surface area (Å²) >= 11 is 1.43. The van der Waals surface area contributed by atoms with Crippen LogP contribution in [0.5, 0.6) is 0 Å². The molecule has 4 aromatic rings. The smallest absolute Gasteiger partial charge is 0.229 e. The van der Waals surface area contributed by atoms with Gasteiger partial charge in [-0.05, 0) is 62.3 Å². The summed E-state index contributed by atoms with van der Waals surface area (Å²) in [6.07, 6.45) is 3.29. The minimum Gasteiger partial charge on any atom is -0.302 e. The Morgan fingerprint density at radius 1 is 1.13 bits per heavy atom. The summed E-state index contributed by atoms with van der Waals surface area (Å²) in [6.45, 7) is 2.32. The van der Waals surface area contributed by atoms with Crippen molar-refractivity contribution in [2.24, 2.45) is 5.92 Å². The van der Waals surface area contributed by atoms with Crippen LogP contribution in [0.15, 0.2) is 60.1 Å². The second-order valence-electron chi connectivity index (χ2n) is 7.71. The third-order valence-corrected chi connectivity index (χ3v) is 6.39. The summed E-state index contributed by atoms with van der Waals surface area (Å²) in [5.41, 5.74) is 2.81. The van der Waals surface area contributed by atoms with Crippen molar-refractivity contribution >= 4 is 33.4 Å². The molecule has 6 nitrogen and oxygen atoms in total. The Morgan fingerprint density at radius 3 is 2.65 bits per heavy atom. The monoisotopic (exact) mass is 435 g/mol. The molecule has 2 aromatic carbocycles. The average Bonchev–Trinajstić information content (AvgIpc) is 3.42. The number of rotatable bonds is 5. The van der Waals surface area contributed by atoms with E-state index in [1.165, 1.54) is 23.5 Å². The van der Waals surface area contributed by atoms with E-state index < -0.39 is 0 Å². The summed E-state index contributed by atoms with van der Waals surface area (Å²) in [6, 6.07) is 14.5. The zero-order chi connectivity index (χ0) is 21.2. The van der Waals surface area contributed by atoms with E-state index in [4.69, 9.17) is 4.98 Å². The molecule has 0 unspecified atom stereocenters. The Hall–Kier alpha value is -3.10. The predicted octanol–water partition coefficient (Wildman–Crippen LogP) is 4.47. The molecule has 0 aliphatic carbocycles. The molecule has 5 rings (SSSR count).